The Bertz CT molecular complexity index is 306. The SMILES string of the molecule is C#CCCOc1ccc([C@H](C)O)cc1. The van der Waals surface area contributed by atoms with Crippen molar-refractivity contribution in [2.45, 2.75) is 19.4 Å². The number of hydrogen-bond acceptors (Lipinski definition) is 2. The van der Waals surface area contributed by atoms with Crippen LogP contribution in [0.1, 0.15) is 25.0 Å². The number of aliphatic hydroxyl groups excluding tert-OH is 1. The second-order valence-corrected chi connectivity index (χ2v) is 3.05. The maximum atomic E-state index is 9.26. The molecule has 74 valence electrons. The van der Waals surface area contributed by atoms with Crippen molar-refractivity contribution in [1.29, 1.82) is 0 Å². The standard InChI is InChI=1S/C12H14O2/c1-3-4-9-14-12-7-5-11(6-8-12)10(2)13/h1,5-8,10,13H,4,9H2,2H3/t10-/m0/s1. The molecule has 14 heavy (non-hydrogen) atoms. The fourth-order valence-corrected chi connectivity index (χ4v) is 1.07. The van der Waals surface area contributed by atoms with Crippen LogP contribution in [0.15, 0.2) is 24.3 Å². The number of terminal acetylenes is 1. The summed E-state index contributed by atoms with van der Waals surface area (Å²) in [5.41, 5.74) is 0.884. The molecular formula is C12H14O2. The topological polar surface area (TPSA) is 29.5 Å². The Hall–Kier alpha value is -1.46. The monoisotopic (exact) mass is 190 g/mol. The highest BCUT2D eigenvalue weighted by molar-refractivity contribution is 5.28. The average molecular weight is 190 g/mol. The first-order valence-corrected chi connectivity index (χ1v) is 4.58. The molecule has 1 atom stereocenters. The number of hydrogen-bond donors (Lipinski definition) is 1. The van der Waals surface area contributed by atoms with Crippen molar-refractivity contribution < 1.29 is 9.84 Å². The van der Waals surface area contributed by atoms with Gasteiger partial charge < -0.3 is 9.84 Å². The molecule has 0 aliphatic rings. The number of rotatable bonds is 4. The third-order valence-corrected chi connectivity index (χ3v) is 1.88. The van der Waals surface area contributed by atoms with E-state index in [9.17, 15) is 5.11 Å². The Kier molecular flexibility index (Phi) is 4.03. The molecule has 1 aromatic carbocycles. The molecule has 0 radical (unpaired) electrons. The van der Waals surface area contributed by atoms with Crippen molar-refractivity contribution >= 4 is 0 Å². The summed E-state index contributed by atoms with van der Waals surface area (Å²) in [5, 5.41) is 9.26. The predicted molar refractivity (Wildman–Crippen MR) is 56.0 cm³/mol. The quantitative estimate of drug-likeness (QED) is 0.582. The molecule has 1 rings (SSSR count). The molecule has 2 heteroatoms. The summed E-state index contributed by atoms with van der Waals surface area (Å²) in [6.07, 6.45) is 5.27. The lowest BCUT2D eigenvalue weighted by molar-refractivity contribution is 0.199. The van der Waals surface area contributed by atoms with Gasteiger partial charge in [0.05, 0.1) is 12.7 Å². The van der Waals surface area contributed by atoms with Gasteiger partial charge >= 0.3 is 0 Å². The van der Waals surface area contributed by atoms with E-state index in [4.69, 9.17) is 11.2 Å². The lowest BCUT2D eigenvalue weighted by atomic mass is 10.1. The van der Waals surface area contributed by atoms with Crippen molar-refractivity contribution in [3.05, 3.63) is 29.8 Å². The molecule has 0 bridgehead atoms. The summed E-state index contributed by atoms with van der Waals surface area (Å²) in [4.78, 5) is 0. The zero-order valence-electron chi connectivity index (χ0n) is 8.23. The van der Waals surface area contributed by atoms with Crippen LogP contribution in [0.4, 0.5) is 0 Å². The molecule has 0 spiro atoms. The normalized spacial score (nSPS) is 11.8. The molecule has 0 amide bonds. The van der Waals surface area contributed by atoms with Crippen LogP contribution in [0.3, 0.4) is 0 Å². The zero-order chi connectivity index (χ0) is 10.4. The molecule has 0 unspecified atom stereocenters. The number of aliphatic hydroxyl groups is 1. The van der Waals surface area contributed by atoms with Crippen LogP contribution in [0.25, 0.3) is 0 Å². The van der Waals surface area contributed by atoms with E-state index in [1.54, 1.807) is 6.92 Å². The number of benzene rings is 1. The van der Waals surface area contributed by atoms with E-state index in [1.807, 2.05) is 24.3 Å². The lowest BCUT2D eigenvalue weighted by Crippen LogP contribution is -1.96. The fourth-order valence-electron chi connectivity index (χ4n) is 1.07. The molecule has 0 saturated carbocycles. The van der Waals surface area contributed by atoms with Crippen LogP contribution in [0, 0.1) is 12.3 Å². The van der Waals surface area contributed by atoms with E-state index in [1.165, 1.54) is 0 Å². The summed E-state index contributed by atoms with van der Waals surface area (Å²) >= 11 is 0. The van der Waals surface area contributed by atoms with E-state index in [2.05, 4.69) is 5.92 Å². The third-order valence-electron chi connectivity index (χ3n) is 1.88. The van der Waals surface area contributed by atoms with Gasteiger partial charge in [0.1, 0.15) is 5.75 Å². The minimum atomic E-state index is -0.435. The number of ether oxygens (including phenoxy) is 1. The van der Waals surface area contributed by atoms with Gasteiger partial charge in [-0.25, -0.2) is 0 Å². The van der Waals surface area contributed by atoms with Gasteiger partial charge in [0, 0.05) is 6.42 Å². The molecule has 0 aliphatic heterocycles. The zero-order valence-corrected chi connectivity index (χ0v) is 8.23. The molecule has 0 aliphatic carbocycles. The molecule has 0 heterocycles. The van der Waals surface area contributed by atoms with Crippen molar-refractivity contribution in [1.82, 2.24) is 0 Å². The van der Waals surface area contributed by atoms with Gasteiger partial charge in [0.2, 0.25) is 0 Å². The first kappa shape index (κ1) is 10.6. The highest BCUT2D eigenvalue weighted by atomic mass is 16.5. The molecule has 1 aromatic rings. The Morgan fingerprint density at radius 1 is 1.43 bits per heavy atom. The van der Waals surface area contributed by atoms with Gasteiger partial charge in [-0.2, -0.15) is 0 Å². The summed E-state index contributed by atoms with van der Waals surface area (Å²) in [6, 6.07) is 7.35. The first-order valence-electron chi connectivity index (χ1n) is 4.58. The van der Waals surface area contributed by atoms with E-state index in [0.29, 0.717) is 13.0 Å². The maximum absolute atomic E-state index is 9.26. The van der Waals surface area contributed by atoms with Crippen molar-refractivity contribution in [2.24, 2.45) is 0 Å². The molecule has 0 aromatic heterocycles. The second-order valence-electron chi connectivity index (χ2n) is 3.05. The largest absolute Gasteiger partial charge is 0.493 e. The molecule has 1 N–H and O–H groups in total. The molecule has 2 nitrogen and oxygen atoms in total. The predicted octanol–water partition coefficient (Wildman–Crippen LogP) is 2.14. The Morgan fingerprint density at radius 2 is 2.07 bits per heavy atom. The Labute approximate surface area is 84.5 Å². The van der Waals surface area contributed by atoms with Crippen LogP contribution in [0.5, 0.6) is 5.75 Å². The van der Waals surface area contributed by atoms with Crippen molar-refractivity contribution in [3.8, 4) is 18.1 Å². The van der Waals surface area contributed by atoms with Gasteiger partial charge in [-0.3, -0.25) is 0 Å². The first-order chi connectivity index (χ1) is 6.74. The van der Waals surface area contributed by atoms with Crippen LogP contribution in [-0.4, -0.2) is 11.7 Å². The smallest absolute Gasteiger partial charge is 0.119 e. The van der Waals surface area contributed by atoms with Crippen LogP contribution in [0.2, 0.25) is 0 Å². The highest BCUT2D eigenvalue weighted by Gasteiger charge is 1.99. The van der Waals surface area contributed by atoms with Crippen LogP contribution >= 0.6 is 0 Å². The summed E-state index contributed by atoms with van der Waals surface area (Å²) in [5.74, 6) is 3.28. The van der Waals surface area contributed by atoms with Gasteiger partial charge in [-0.1, -0.05) is 12.1 Å². The average Bonchev–Trinajstić information content (AvgIpc) is 2.19. The molecular weight excluding hydrogens is 176 g/mol. The third kappa shape index (κ3) is 3.12. The fraction of sp³-hybridized carbons (Fsp3) is 0.333. The maximum Gasteiger partial charge on any atom is 0.119 e. The summed E-state index contributed by atoms with van der Waals surface area (Å²) in [7, 11) is 0. The van der Waals surface area contributed by atoms with Crippen LogP contribution < -0.4 is 4.74 Å². The lowest BCUT2D eigenvalue weighted by Gasteiger charge is -2.07. The molecule has 0 fully saturated rings. The van der Waals surface area contributed by atoms with Crippen molar-refractivity contribution in [3.63, 3.8) is 0 Å². The second kappa shape index (κ2) is 5.31. The Balaban J connectivity index is 2.52. The van der Waals surface area contributed by atoms with Gasteiger partial charge in [0.25, 0.3) is 0 Å². The van der Waals surface area contributed by atoms with Crippen molar-refractivity contribution in [2.75, 3.05) is 6.61 Å². The van der Waals surface area contributed by atoms with E-state index < -0.39 is 6.10 Å². The van der Waals surface area contributed by atoms with Crippen LogP contribution in [-0.2, 0) is 0 Å². The van der Waals surface area contributed by atoms with E-state index >= 15 is 0 Å². The highest BCUT2D eigenvalue weighted by Crippen LogP contribution is 2.17. The van der Waals surface area contributed by atoms with Gasteiger partial charge in [-0.05, 0) is 24.6 Å². The summed E-state index contributed by atoms with van der Waals surface area (Å²) in [6.45, 7) is 2.26. The Morgan fingerprint density at radius 3 is 2.57 bits per heavy atom. The van der Waals surface area contributed by atoms with E-state index in [-0.39, 0.29) is 0 Å². The molecule has 0 saturated heterocycles. The van der Waals surface area contributed by atoms with Gasteiger partial charge in [-0.15, -0.1) is 12.3 Å². The van der Waals surface area contributed by atoms with Gasteiger partial charge in [0.15, 0.2) is 0 Å². The van der Waals surface area contributed by atoms with E-state index in [0.717, 1.165) is 11.3 Å². The minimum absolute atomic E-state index is 0.435. The minimum Gasteiger partial charge on any atom is -0.493 e. The summed E-state index contributed by atoms with van der Waals surface area (Å²) < 4.78 is 5.36.